The fourth-order valence-electron chi connectivity index (χ4n) is 2.16. The number of rotatable bonds is 1. The first-order valence-corrected chi connectivity index (χ1v) is 6.05. The maximum absolute atomic E-state index is 10.6. The molecular weight excluding hydrogens is 261 g/mol. The van der Waals surface area contributed by atoms with Crippen molar-refractivity contribution in [2.45, 2.75) is 31.0 Å². The van der Waals surface area contributed by atoms with Gasteiger partial charge in [-0.2, -0.15) is 13.2 Å². The lowest BCUT2D eigenvalue weighted by atomic mass is 9.75. The van der Waals surface area contributed by atoms with Crippen LogP contribution in [0.4, 0.5) is 13.2 Å². The zero-order valence-corrected chi connectivity index (χ0v) is 10.5. The molecule has 0 radical (unpaired) electrons. The van der Waals surface area contributed by atoms with Crippen LogP contribution >= 0.6 is 0 Å². The standard InChI is InChI=1S/C10H16N2.C2HF3O2/c1-2-10(4-3-5-10)12-8-6-11-7-9-12;3-2(4,5)1(6)7/h1,11H,3-9H2;(H,6,7). The van der Waals surface area contributed by atoms with E-state index in [-0.39, 0.29) is 5.54 Å². The van der Waals surface area contributed by atoms with Crippen LogP contribution in [0.15, 0.2) is 0 Å². The summed E-state index contributed by atoms with van der Waals surface area (Å²) in [5.74, 6) is 0.226. The van der Waals surface area contributed by atoms with Crippen molar-refractivity contribution in [1.82, 2.24) is 10.2 Å². The Labute approximate surface area is 110 Å². The molecule has 0 atom stereocenters. The van der Waals surface area contributed by atoms with Gasteiger partial charge < -0.3 is 10.4 Å². The van der Waals surface area contributed by atoms with Gasteiger partial charge >= 0.3 is 12.1 Å². The molecule has 2 fully saturated rings. The van der Waals surface area contributed by atoms with Gasteiger partial charge in [-0.1, -0.05) is 5.92 Å². The summed E-state index contributed by atoms with van der Waals surface area (Å²) in [6.07, 6.45) is 4.24. The predicted octanol–water partition coefficient (Wildman–Crippen LogP) is 1.08. The number of carboxylic acid groups (broad SMARTS) is 1. The normalized spacial score (nSPS) is 22.4. The van der Waals surface area contributed by atoms with Crippen molar-refractivity contribution < 1.29 is 23.1 Å². The number of hydrogen-bond acceptors (Lipinski definition) is 3. The molecule has 4 nitrogen and oxygen atoms in total. The van der Waals surface area contributed by atoms with E-state index in [2.05, 4.69) is 16.1 Å². The third kappa shape index (κ3) is 4.11. The maximum Gasteiger partial charge on any atom is 0.490 e. The number of piperazine rings is 1. The number of terminal acetylenes is 1. The molecule has 2 aliphatic rings. The summed E-state index contributed by atoms with van der Waals surface area (Å²) in [5.41, 5.74) is 0.155. The molecule has 2 rings (SSSR count). The van der Waals surface area contributed by atoms with Crippen LogP contribution in [-0.2, 0) is 4.79 Å². The lowest BCUT2D eigenvalue weighted by molar-refractivity contribution is -0.192. The topological polar surface area (TPSA) is 52.6 Å². The van der Waals surface area contributed by atoms with Gasteiger partial charge in [0.15, 0.2) is 0 Å². The number of carbonyl (C=O) groups is 1. The fraction of sp³-hybridized carbons (Fsp3) is 0.750. The molecule has 0 aromatic carbocycles. The Bertz CT molecular complexity index is 353. The highest BCUT2D eigenvalue weighted by Crippen LogP contribution is 2.36. The monoisotopic (exact) mass is 278 g/mol. The summed E-state index contributed by atoms with van der Waals surface area (Å²) < 4.78 is 31.7. The number of alkyl halides is 3. The molecule has 0 amide bonds. The average Bonchev–Trinajstić information content (AvgIpc) is 2.29. The van der Waals surface area contributed by atoms with Gasteiger partial charge in [0.1, 0.15) is 0 Å². The third-order valence-corrected chi connectivity index (χ3v) is 3.41. The van der Waals surface area contributed by atoms with Gasteiger partial charge in [-0.05, 0) is 19.3 Å². The summed E-state index contributed by atoms with van der Waals surface area (Å²) in [4.78, 5) is 11.4. The van der Waals surface area contributed by atoms with E-state index in [0.717, 1.165) is 26.2 Å². The third-order valence-electron chi connectivity index (χ3n) is 3.41. The molecule has 0 spiro atoms. The lowest BCUT2D eigenvalue weighted by Crippen LogP contribution is -2.58. The van der Waals surface area contributed by atoms with E-state index in [1.54, 1.807) is 0 Å². The molecule has 1 saturated carbocycles. The molecule has 2 N–H and O–H groups in total. The smallest absolute Gasteiger partial charge is 0.475 e. The van der Waals surface area contributed by atoms with Crippen molar-refractivity contribution in [3.8, 4) is 12.3 Å². The Kier molecular flexibility index (Phi) is 5.20. The summed E-state index contributed by atoms with van der Waals surface area (Å²) >= 11 is 0. The van der Waals surface area contributed by atoms with Gasteiger partial charge in [0, 0.05) is 26.2 Å². The van der Waals surface area contributed by atoms with Gasteiger partial charge in [-0.3, -0.25) is 4.90 Å². The lowest BCUT2D eigenvalue weighted by Gasteiger charge is -2.48. The van der Waals surface area contributed by atoms with Gasteiger partial charge in [0.05, 0.1) is 5.54 Å². The van der Waals surface area contributed by atoms with Gasteiger partial charge in [0.2, 0.25) is 0 Å². The highest BCUT2D eigenvalue weighted by atomic mass is 19.4. The first kappa shape index (κ1) is 15.8. The number of carboxylic acids is 1. The number of halogens is 3. The number of hydrogen-bond donors (Lipinski definition) is 2. The Balaban J connectivity index is 0.000000224. The fourth-order valence-corrected chi connectivity index (χ4v) is 2.16. The molecule has 7 heteroatoms. The van der Waals surface area contributed by atoms with Crippen molar-refractivity contribution in [2.75, 3.05) is 26.2 Å². The second-order valence-corrected chi connectivity index (χ2v) is 4.57. The van der Waals surface area contributed by atoms with Crippen LogP contribution in [0.2, 0.25) is 0 Å². The number of aliphatic carboxylic acids is 1. The Hall–Kier alpha value is -1.26. The quantitative estimate of drug-likeness (QED) is 0.705. The SMILES string of the molecule is C#CC1(N2CCNCC2)CCC1.O=C(O)C(F)(F)F. The molecule has 1 heterocycles. The number of nitrogens with zero attached hydrogens (tertiary/aromatic N) is 1. The first-order valence-electron chi connectivity index (χ1n) is 6.05. The van der Waals surface area contributed by atoms with Crippen molar-refractivity contribution in [2.24, 2.45) is 0 Å². The predicted molar refractivity (Wildman–Crippen MR) is 63.5 cm³/mol. The minimum absolute atomic E-state index is 0.155. The Morgan fingerprint density at radius 2 is 1.79 bits per heavy atom. The van der Waals surface area contributed by atoms with Crippen molar-refractivity contribution in [3.63, 3.8) is 0 Å². The van der Waals surface area contributed by atoms with E-state index in [1.807, 2.05) is 0 Å². The van der Waals surface area contributed by atoms with E-state index < -0.39 is 12.1 Å². The van der Waals surface area contributed by atoms with Crippen LogP contribution in [0.5, 0.6) is 0 Å². The molecule has 1 aliphatic carbocycles. The zero-order chi connectivity index (χ0) is 14.5. The number of nitrogens with one attached hydrogen (secondary N) is 1. The maximum atomic E-state index is 10.6. The zero-order valence-electron chi connectivity index (χ0n) is 10.5. The van der Waals surface area contributed by atoms with E-state index in [4.69, 9.17) is 16.3 Å². The van der Waals surface area contributed by atoms with Crippen LogP contribution in [0.1, 0.15) is 19.3 Å². The molecule has 0 bridgehead atoms. The molecule has 0 aromatic heterocycles. The minimum atomic E-state index is -5.08. The molecule has 1 saturated heterocycles. The summed E-state index contributed by atoms with van der Waals surface area (Å²) in [6.45, 7) is 4.46. The largest absolute Gasteiger partial charge is 0.490 e. The van der Waals surface area contributed by atoms with Crippen LogP contribution in [0.3, 0.4) is 0 Å². The van der Waals surface area contributed by atoms with Gasteiger partial charge in [-0.15, -0.1) is 6.42 Å². The van der Waals surface area contributed by atoms with E-state index >= 15 is 0 Å². The van der Waals surface area contributed by atoms with E-state index in [9.17, 15) is 13.2 Å². The van der Waals surface area contributed by atoms with Crippen LogP contribution in [0.25, 0.3) is 0 Å². The van der Waals surface area contributed by atoms with Crippen LogP contribution in [-0.4, -0.2) is 53.9 Å². The second-order valence-electron chi connectivity index (χ2n) is 4.57. The van der Waals surface area contributed by atoms with Gasteiger partial charge in [0.25, 0.3) is 0 Å². The molecule has 0 unspecified atom stereocenters. The summed E-state index contributed by atoms with van der Waals surface area (Å²) in [5, 5.41) is 10.5. The Morgan fingerprint density at radius 3 is 2.05 bits per heavy atom. The van der Waals surface area contributed by atoms with Crippen LogP contribution in [0, 0.1) is 12.3 Å². The highest BCUT2D eigenvalue weighted by molar-refractivity contribution is 5.73. The van der Waals surface area contributed by atoms with E-state index in [0.29, 0.717) is 0 Å². The van der Waals surface area contributed by atoms with E-state index in [1.165, 1.54) is 19.3 Å². The first-order chi connectivity index (χ1) is 8.82. The Morgan fingerprint density at radius 1 is 1.32 bits per heavy atom. The second kappa shape index (κ2) is 6.26. The van der Waals surface area contributed by atoms with Crippen LogP contribution < -0.4 is 5.32 Å². The molecule has 1 aliphatic heterocycles. The highest BCUT2D eigenvalue weighted by Gasteiger charge is 2.40. The van der Waals surface area contributed by atoms with Crippen molar-refractivity contribution in [3.05, 3.63) is 0 Å². The minimum Gasteiger partial charge on any atom is -0.475 e. The summed E-state index contributed by atoms with van der Waals surface area (Å²) in [6, 6.07) is 0. The molecule has 0 aromatic rings. The molecule has 19 heavy (non-hydrogen) atoms. The average molecular weight is 278 g/mol. The van der Waals surface area contributed by atoms with Gasteiger partial charge in [-0.25, -0.2) is 4.79 Å². The molecule has 108 valence electrons. The molecular formula is C12H17F3N2O2. The summed E-state index contributed by atoms with van der Waals surface area (Å²) in [7, 11) is 0. The van der Waals surface area contributed by atoms with Crippen molar-refractivity contribution in [1.29, 1.82) is 0 Å². The van der Waals surface area contributed by atoms with Crippen molar-refractivity contribution >= 4 is 5.97 Å².